The Morgan fingerprint density at radius 3 is 3.00 bits per heavy atom. The van der Waals surface area contributed by atoms with Crippen molar-refractivity contribution in [3.8, 4) is 0 Å². The normalized spacial score (nSPS) is 34.4. The first-order chi connectivity index (χ1) is 9.06. The van der Waals surface area contributed by atoms with E-state index in [9.17, 15) is 9.90 Å². The molecular formula is C13H14INO4. The molecule has 0 bridgehead atoms. The maximum Gasteiger partial charge on any atom is 0.326 e. The molecule has 2 aliphatic heterocycles. The smallest absolute Gasteiger partial charge is 0.326 e. The van der Waals surface area contributed by atoms with Crippen LogP contribution in [-0.4, -0.2) is 34.6 Å². The van der Waals surface area contributed by atoms with Crippen LogP contribution < -0.4 is 0 Å². The molecule has 1 aromatic carbocycles. The molecule has 0 aromatic heterocycles. The Morgan fingerprint density at radius 1 is 1.47 bits per heavy atom. The number of cyclic esters (lactones) is 1. The van der Waals surface area contributed by atoms with E-state index in [2.05, 4.69) is 22.6 Å². The van der Waals surface area contributed by atoms with Crippen molar-refractivity contribution in [1.82, 2.24) is 5.06 Å². The predicted molar refractivity (Wildman–Crippen MR) is 74.6 cm³/mol. The fraction of sp³-hybridized carbons (Fsp3) is 0.462. The molecule has 1 aromatic rings. The number of hydrogen-bond donors (Lipinski definition) is 1. The molecule has 102 valence electrons. The summed E-state index contributed by atoms with van der Waals surface area (Å²) in [5.74, 6) is -0.630. The van der Waals surface area contributed by atoms with Gasteiger partial charge in [-0.25, -0.2) is 0 Å². The van der Waals surface area contributed by atoms with Crippen molar-refractivity contribution in [2.45, 2.75) is 31.9 Å². The second-order valence-corrected chi connectivity index (χ2v) is 6.11. The SMILES string of the molecule is C[C@@H]1OC(=O)[C@@H]2[C@H]1C(O)ON2Cc1cccc(I)c1. The molecule has 0 amide bonds. The highest BCUT2D eigenvalue weighted by molar-refractivity contribution is 14.1. The first-order valence-corrected chi connectivity index (χ1v) is 7.20. The van der Waals surface area contributed by atoms with Crippen molar-refractivity contribution in [2.24, 2.45) is 5.92 Å². The van der Waals surface area contributed by atoms with Crippen LogP contribution in [-0.2, 0) is 20.9 Å². The van der Waals surface area contributed by atoms with Crippen LogP contribution in [0.25, 0.3) is 0 Å². The molecule has 3 rings (SSSR count). The van der Waals surface area contributed by atoms with Crippen molar-refractivity contribution in [1.29, 1.82) is 0 Å². The van der Waals surface area contributed by atoms with Crippen LogP contribution in [0.1, 0.15) is 12.5 Å². The van der Waals surface area contributed by atoms with E-state index in [-0.39, 0.29) is 18.0 Å². The lowest BCUT2D eigenvalue weighted by Crippen LogP contribution is -2.35. The lowest BCUT2D eigenvalue weighted by molar-refractivity contribution is -0.240. The average Bonchev–Trinajstić information content (AvgIpc) is 2.80. The van der Waals surface area contributed by atoms with Gasteiger partial charge in [-0.05, 0) is 47.2 Å². The minimum Gasteiger partial charge on any atom is -0.461 e. The second-order valence-electron chi connectivity index (χ2n) is 4.87. The third-order valence-corrected chi connectivity index (χ3v) is 4.23. The van der Waals surface area contributed by atoms with Gasteiger partial charge in [0.1, 0.15) is 12.1 Å². The quantitative estimate of drug-likeness (QED) is 0.624. The number of rotatable bonds is 2. The van der Waals surface area contributed by atoms with Gasteiger partial charge in [-0.15, -0.1) is 0 Å². The minimum atomic E-state index is -0.978. The van der Waals surface area contributed by atoms with Crippen molar-refractivity contribution < 1.29 is 19.5 Å². The van der Waals surface area contributed by atoms with Gasteiger partial charge in [0.05, 0.1) is 12.5 Å². The van der Waals surface area contributed by atoms with E-state index in [1.54, 1.807) is 6.92 Å². The Labute approximate surface area is 124 Å². The number of esters is 1. The molecule has 2 fully saturated rings. The number of hydrogen-bond acceptors (Lipinski definition) is 5. The molecule has 6 heteroatoms. The van der Waals surface area contributed by atoms with Gasteiger partial charge in [-0.2, -0.15) is 5.06 Å². The molecule has 0 saturated carbocycles. The number of fused-ring (bicyclic) bond motifs is 1. The van der Waals surface area contributed by atoms with Gasteiger partial charge in [-0.3, -0.25) is 9.63 Å². The number of nitrogens with zero attached hydrogens (tertiary/aromatic N) is 1. The molecule has 2 saturated heterocycles. The van der Waals surface area contributed by atoms with E-state index in [0.717, 1.165) is 9.13 Å². The number of carbonyl (C=O) groups excluding carboxylic acids is 1. The van der Waals surface area contributed by atoms with Gasteiger partial charge in [0, 0.05) is 3.57 Å². The Kier molecular flexibility index (Phi) is 3.50. The molecule has 5 nitrogen and oxygen atoms in total. The monoisotopic (exact) mass is 375 g/mol. The average molecular weight is 375 g/mol. The highest BCUT2D eigenvalue weighted by Crippen LogP contribution is 2.37. The molecule has 1 unspecified atom stereocenters. The van der Waals surface area contributed by atoms with Crippen molar-refractivity contribution in [2.75, 3.05) is 0 Å². The Balaban J connectivity index is 1.81. The zero-order valence-electron chi connectivity index (χ0n) is 10.3. The zero-order valence-corrected chi connectivity index (χ0v) is 12.5. The van der Waals surface area contributed by atoms with Crippen molar-refractivity contribution >= 4 is 28.6 Å². The summed E-state index contributed by atoms with van der Waals surface area (Å²) in [5, 5.41) is 11.4. The topological polar surface area (TPSA) is 59.0 Å². The standard InChI is InChI=1S/C13H14INO4/c1-7-10-11(13(17)18-7)15(19-12(10)16)6-8-3-2-4-9(14)5-8/h2-5,7,10-12,16H,6H2,1H3/t7-,10-,11-,12?/m0/s1. The van der Waals surface area contributed by atoms with Gasteiger partial charge in [0.15, 0.2) is 6.29 Å². The molecule has 0 spiro atoms. The summed E-state index contributed by atoms with van der Waals surface area (Å²) in [7, 11) is 0. The molecular weight excluding hydrogens is 361 g/mol. The Bertz CT molecular complexity index is 509. The third-order valence-electron chi connectivity index (χ3n) is 3.56. The first-order valence-electron chi connectivity index (χ1n) is 6.12. The highest BCUT2D eigenvalue weighted by Gasteiger charge is 2.56. The molecule has 2 heterocycles. The molecule has 4 atom stereocenters. The first kappa shape index (κ1) is 13.3. The van der Waals surface area contributed by atoms with E-state index in [4.69, 9.17) is 9.57 Å². The minimum absolute atomic E-state index is 0.310. The fourth-order valence-electron chi connectivity index (χ4n) is 2.67. The summed E-state index contributed by atoms with van der Waals surface area (Å²) in [4.78, 5) is 17.2. The van der Waals surface area contributed by atoms with Crippen LogP contribution in [0, 0.1) is 9.49 Å². The summed E-state index contributed by atoms with van der Waals surface area (Å²) in [6, 6.07) is 7.43. The van der Waals surface area contributed by atoms with Crippen molar-refractivity contribution in [3.05, 3.63) is 33.4 Å². The van der Waals surface area contributed by atoms with E-state index >= 15 is 0 Å². The number of ether oxygens (including phenoxy) is 1. The van der Waals surface area contributed by atoms with Crippen LogP contribution in [0.3, 0.4) is 0 Å². The molecule has 2 aliphatic rings. The maximum atomic E-state index is 11.8. The van der Waals surface area contributed by atoms with Gasteiger partial charge >= 0.3 is 5.97 Å². The number of aliphatic hydroxyl groups excluding tert-OH is 1. The summed E-state index contributed by atoms with van der Waals surface area (Å²) < 4.78 is 6.29. The summed E-state index contributed by atoms with van der Waals surface area (Å²) in [6.07, 6.45) is -1.29. The zero-order chi connectivity index (χ0) is 13.6. The number of halogens is 1. The van der Waals surface area contributed by atoms with Crippen LogP contribution >= 0.6 is 22.6 Å². The Morgan fingerprint density at radius 2 is 2.26 bits per heavy atom. The molecule has 19 heavy (non-hydrogen) atoms. The molecule has 0 aliphatic carbocycles. The number of hydroxylamine groups is 2. The van der Waals surface area contributed by atoms with Gasteiger partial charge < -0.3 is 9.84 Å². The lowest BCUT2D eigenvalue weighted by atomic mass is 9.98. The fourth-order valence-corrected chi connectivity index (χ4v) is 3.28. The van der Waals surface area contributed by atoms with Crippen molar-refractivity contribution in [3.63, 3.8) is 0 Å². The number of carbonyl (C=O) groups is 1. The van der Waals surface area contributed by atoms with Crippen LogP contribution in [0.5, 0.6) is 0 Å². The van der Waals surface area contributed by atoms with E-state index < -0.39 is 12.3 Å². The summed E-state index contributed by atoms with van der Waals surface area (Å²) >= 11 is 2.23. The highest BCUT2D eigenvalue weighted by atomic mass is 127. The second kappa shape index (κ2) is 5.01. The summed E-state index contributed by atoms with van der Waals surface area (Å²) in [6.45, 7) is 2.24. The van der Waals surface area contributed by atoms with Crippen LogP contribution in [0.4, 0.5) is 0 Å². The van der Waals surface area contributed by atoms with E-state index in [1.807, 2.05) is 24.3 Å². The van der Waals surface area contributed by atoms with E-state index in [1.165, 1.54) is 5.06 Å². The van der Waals surface area contributed by atoms with Gasteiger partial charge in [0.25, 0.3) is 0 Å². The largest absolute Gasteiger partial charge is 0.461 e. The van der Waals surface area contributed by atoms with Gasteiger partial charge in [-0.1, -0.05) is 12.1 Å². The maximum absolute atomic E-state index is 11.8. The molecule has 0 radical (unpaired) electrons. The number of benzene rings is 1. The molecule has 1 N–H and O–H groups in total. The van der Waals surface area contributed by atoms with E-state index in [0.29, 0.717) is 6.54 Å². The summed E-state index contributed by atoms with van der Waals surface area (Å²) in [5.41, 5.74) is 1.03. The number of aliphatic hydroxyl groups is 1. The predicted octanol–water partition coefficient (Wildman–Crippen LogP) is 1.29. The van der Waals surface area contributed by atoms with Crippen LogP contribution in [0.15, 0.2) is 24.3 Å². The Hall–Kier alpha value is -0.700. The van der Waals surface area contributed by atoms with Gasteiger partial charge in [0.2, 0.25) is 0 Å². The third kappa shape index (κ3) is 2.37. The lowest BCUT2D eigenvalue weighted by Gasteiger charge is -2.19. The van der Waals surface area contributed by atoms with Crippen LogP contribution in [0.2, 0.25) is 0 Å².